The standard InChI is InChI=1S/C49H47FN8O8/c1-2-27-5-3-6-28-19-32(59)20-36(40(27)28)42-41(50)43-37(22-51-42)44(56-23-29-7-8-30(24-56)52-29)55-48(54-43)66-26-49-14-4-16-57(49)31(13-15-49)25-64-17-18-65-33-9-10-34-35(21-33)47(63)58(46(34)62)38-11-12-39(60)53-45(38)61/h1,3,5-6,9-10,19-22,29-31,38,52,59H,4,7-8,11-18,23-26H2,(H,53,60,61)/t29-,30+,31?,38?,49-/m0/s1. The molecule has 2 bridgehead atoms. The zero-order chi connectivity index (χ0) is 45.3. The monoisotopic (exact) mass is 894 g/mol. The Morgan fingerprint density at radius 3 is 2.58 bits per heavy atom. The van der Waals surface area contributed by atoms with Crippen molar-refractivity contribution in [3.8, 4) is 41.1 Å². The number of terminal acetylenes is 1. The van der Waals surface area contributed by atoms with Gasteiger partial charge < -0.3 is 29.5 Å². The topological polar surface area (TPSA) is 189 Å². The molecule has 8 heterocycles. The van der Waals surface area contributed by atoms with Crippen molar-refractivity contribution in [1.29, 1.82) is 0 Å². The number of fused-ring (bicyclic) bond motifs is 6. The third-order valence-electron chi connectivity index (χ3n) is 14.3. The van der Waals surface area contributed by atoms with E-state index in [0.717, 1.165) is 50.0 Å². The predicted octanol–water partition coefficient (Wildman–Crippen LogP) is 4.48. The van der Waals surface area contributed by atoms with Gasteiger partial charge in [-0.3, -0.25) is 39.3 Å². The van der Waals surface area contributed by atoms with Gasteiger partial charge in [0.1, 0.15) is 47.8 Å². The summed E-state index contributed by atoms with van der Waals surface area (Å²) >= 11 is 0. The number of carbonyl (C=O) groups excluding carboxylic acids is 4. The molecule has 6 aliphatic rings. The second-order valence-corrected chi connectivity index (χ2v) is 18.2. The van der Waals surface area contributed by atoms with Crippen LogP contribution in [0.5, 0.6) is 17.5 Å². The van der Waals surface area contributed by atoms with Gasteiger partial charge in [-0.1, -0.05) is 18.1 Å². The second-order valence-electron chi connectivity index (χ2n) is 18.2. The highest BCUT2D eigenvalue weighted by molar-refractivity contribution is 6.23. The maximum Gasteiger partial charge on any atom is 0.319 e. The molecule has 3 aromatic carbocycles. The lowest BCUT2D eigenvalue weighted by molar-refractivity contribution is -0.136. The quantitative estimate of drug-likeness (QED) is 0.0904. The van der Waals surface area contributed by atoms with Gasteiger partial charge >= 0.3 is 6.01 Å². The molecule has 11 rings (SSSR count). The number of piperidine rings is 1. The van der Waals surface area contributed by atoms with Crippen LogP contribution >= 0.6 is 0 Å². The number of aromatic nitrogens is 3. The van der Waals surface area contributed by atoms with Gasteiger partial charge in [0.2, 0.25) is 11.8 Å². The van der Waals surface area contributed by atoms with Gasteiger partial charge in [0.15, 0.2) is 5.82 Å². The van der Waals surface area contributed by atoms with Crippen LogP contribution in [0.3, 0.4) is 0 Å². The van der Waals surface area contributed by atoms with Crippen molar-refractivity contribution < 1.29 is 42.9 Å². The third kappa shape index (κ3) is 7.24. The Bertz CT molecular complexity index is 2890. The molecule has 0 saturated carbocycles. The number of hydrogen-bond donors (Lipinski definition) is 3. The summed E-state index contributed by atoms with van der Waals surface area (Å²) in [6.45, 7) is 3.56. The number of amides is 4. The molecular weight excluding hydrogens is 848 g/mol. The Morgan fingerprint density at radius 1 is 0.924 bits per heavy atom. The lowest BCUT2D eigenvalue weighted by Crippen LogP contribution is -2.54. The van der Waals surface area contributed by atoms with Crippen LogP contribution in [0.2, 0.25) is 0 Å². The van der Waals surface area contributed by atoms with Crippen LogP contribution in [0.15, 0.2) is 54.7 Å². The highest BCUT2D eigenvalue weighted by atomic mass is 19.1. The molecule has 0 radical (unpaired) electrons. The first-order valence-electron chi connectivity index (χ1n) is 22.6. The van der Waals surface area contributed by atoms with Gasteiger partial charge in [0.25, 0.3) is 11.8 Å². The summed E-state index contributed by atoms with van der Waals surface area (Å²) in [5, 5.41) is 18.3. The lowest BCUT2D eigenvalue weighted by atomic mass is 9.95. The van der Waals surface area contributed by atoms with Gasteiger partial charge in [-0.05, 0) is 93.3 Å². The minimum Gasteiger partial charge on any atom is -0.508 e. The number of carbonyl (C=O) groups is 4. The molecule has 0 aliphatic carbocycles. The van der Waals surface area contributed by atoms with E-state index in [4.69, 9.17) is 30.6 Å². The third-order valence-corrected chi connectivity index (χ3v) is 14.3. The van der Waals surface area contributed by atoms with E-state index in [1.807, 2.05) is 6.07 Å². The number of aromatic hydroxyl groups is 1. The summed E-state index contributed by atoms with van der Waals surface area (Å²) in [6, 6.07) is 12.9. The molecule has 5 aromatic rings. The van der Waals surface area contributed by atoms with E-state index in [0.29, 0.717) is 77.2 Å². The average Bonchev–Trinajstić information content (AvgIpc) is 4.05. The van der Waals surface area contributed by atoms with Crippen molar-refractivity contribution >= 4 is 51.1 Å². The first kappa shape index (κ1) is 41.9. The summed E-state index contributed by atoms with van der Waals surface area (Å²) in [5.41, 5.74) is 1.07. The largest absolute Gasteiger partial charge is 0.508 e. The zero-order valence-electron chi connectivity index (χ0n) is 36.1. The predicted molar refractivity (Wildman–Crippen MR) is 239 cm³/mol. The van der Waals surface area contributed by atoms with E-state index in [9.17, 15) is 24.3 Å². The Morgan fingerprint density at radius 2 is 1.76 bits per heavy atom. The Kier molecular flexibility index (Phi) is 10.5. The van der Waals surface area contributed by atoms with Crippen LogP contribution in [-0.4, -0.2) is 129 Å². The number of benzene rings is 3. The number of hydrogen-bond acceptors (Lipinski definition) is 14. The number of piperazine rings is 1. The Hall–Kier alpha value is -6.74. The Balaban J connectivity index is 0.776. The van der Waals surface area contributed by atoms with Gasteiger partial charge in [0.05, 0.1) is 35.3 Å². The Labute approximate surface area is 378 Å². The molecule has 2 unspecified atom stereocenters. The first-order valence-corrected chi connectivity index (χ1v) is 22.6. The van der Waals surface area contributed by atoms with Crippen LogP contribution in [0.1, 0.15) is 77.6 Å². The molecule has 5 atom stereocenters. The molecule has 17 heteroatoms. The van der Waals surface area contributed by atoms with E-state index in [2.05, 4.69) is 31.3 Å². The van der Waals surface area contributed by atoms with Crippen molar-refractivity contribution in [3.05, 3.63) is 77.2 Å². The van der Waals surface area contributed by atoms with E-state index in [-0.39, 0.29) is 71.7 Å². The summed E-state index contributed by atoms with van der Waals surface area (Å²) in [6.07, 6.45) is 13.4. The van der Waals surface area contributed by atoms with Crippen molar-refractivity contribution in [1.82, 2.24) is 35.4 Å². The van der Waals surface area contributed by atoms with Crippen molar-refractivity contribution in [2.24, 2.45) is 0 Å². The molecule has 338 valence electrons. The lowest BCUT2D eigenvalue weighted by Gasteiger charge is -2.35. The van der Waals surface area contributed by atoms with Crippen LogP contribution in [0.25, 0.3) is 32.9 Å². The summed E-state index contributed by atoms with van der Waals surface area (Å²) in [7, 11) is 0. The fourth-order valence-electron chi connectivity index (χ4n) is 11.2. The van der Waals surface area contributed by atoms with E-state index in [1.54, 1.807) is 30.5 Å². The van der Waals surface area contributed by atoms with E-state index >= 15 is 4.39 Å². The van der Waals surface area contributed by atoms with Gasteiger partial charge in [-0.25, -0.2) is 4.39 Å². The number of nitrogens with zero attached hydrogens (tertiary/aromatic N) is 6. The van der Waals surface area contributed by atoms with Gasteiger partial charge in [-0.2, -0.15) is 9.97 Å². The van der Waals surface area contributed by atoms with E-state index in [1.165, 1.54) is 18.2 Å². The number of nitrogens with one attached hydrogen (secondary N) is 2. The van der Waals surface area contributed by atoms with Crippen molar-refractivity contribution in [2.75, 3.05) is 51.0 Å². The summed E-state index contributed by atoms with van der Waals surface area (Å²) in [4.78, 5) is 70.3. The highest BCUT2D eigenvalue weighted by Gasteiger charge is 2.50. The molecule has 0 spiro atoms. The molecule has 2 aromatic heterocycles. The minimum absolute atomic E-state index is 0.0175. The van der Waals surface area contributed by atoms with Crippen LogP contribution < -0.4 is 25.0 Å². The molecule has 4 amide bonds. The molecule has 16 nitrogen and oxygen atoms in total. The zero-order valence-corrected chi connectivity index (χ0v) is 36.1. The smallest absolute Gasteiger partial charge is 0.319 e. The number of anilines is 1. The minimum atomic E-state index is -1.04. The normalized spacial score (nSPS) is 24.8. The van der Waals surface area contributed by atoms with Crippen LogP contribution in [-0.2, 0) is 14.3 Å². The van der Waals surface area contributed by atoms with Crippen molar-refractivity contribution in [3.63, 3.8) is 0 Å². The number of pyridine rings is 1. The van der Waals surface area contributed by atoms with Crippen LogP contribution in [0.4, 0.5) is 10.2 Å². The van der Waals surface area contributed by atoms with Crippen LogP contribution in [0, 0.1) is 18.2 Å². The van der Waals surface area contributed by atoms with E-state index < -0.39 is 35.5 Å². The second kappa shape index (κ2) is 16.6. The number of ether oxygens (including phenoxy) is 3. The molecule has 3 N–H and O–H groups in total. The molecule has 5 fully saturated rings. The molecule has 66 heavy (non-hydrogen) atoms. The molecular formula is C49H47FN8O8. The van der Waals surface area contributed by atoms with Crippen molar-refractivity contribution in [2.45, 2.75) is 81.1 Å². The fraction of sp³-hybridized carbons (Fsp3) is 0.408. The molecule has 5 saturated heterocycles. The fourth-order valence-corrected chi connectivity index (χ4v) is 11.2. The van der Waals surface area contributed by atoms with Gasteiger partial charge in [-0.15, -0.1) is 6.42 Å². The van der Waals surface area contributed by atoms with Gasteiger partial charge in [0, 0.05) is 60.3 Å². The highest BCUT2D eigenvalue weighted by Crippen LogP contribution is 2.44. The molecule has 6 aliphatic heterocycles. The SMILES string of the molecule is C#Cc1cccc2cc(O)cc(-c3ncc4c(N5C[C@H]6CC[C@@H](C5)N6)nc(OC[C@@]56CCCN5C(COCCOc5ccc7c(c5)C(=O)N(C5CCC(=O)NC5=O)C7=O)CC6)nc4c3F)c12. The summed E-state index contributed by atoms with van der Waals surface area (Å²) in [5.74, 6) is 0.708. The number of halogens is 1. The number of phenols is 1. The maximum atomic E-state index is 17.1. The number of rotatable bonds is 12. The number of phenolic OH excluding ortho intramolecular Hbond substituents is 1. The average molecular weight is 895 g/mol. The maximum absolute atomic E-state index is 17.1. The summed E-state index contributed by atoms with van der Waals surface area (Å²) < 4.78 is 35.8. The first-order chi connectivity index (χ1) is 32.1. The number of imide groups is 2.